The highest BCUT2D eigenvalue weighted by Gasteiger charge is 2.28. The zero-order chi connectivity index (χ0) is 18.2. The van der Waals surface area contributed by atoms with Crippen molar-refractivity contribution in [2.24, 2.45) is 0 Å². The van der Waals surface area contributed by atoms with E-state index in [1.54, 1.807) is 28.6 Å². The lowest BCUT2D eigenvalue weighted by atomic mass is 10.1. The van der Waals surface area contributed by atoms with Gasteiger partial charge in [-0.15, -0.1) is 11.3 Å². The minimum Gasteiger partial charge on any atom is -0.365 e. The number of thiophene rings is 1. The van der Waals surface area contributed by atoms with Crippen molar-refractivity contribution >= 4 is 23.2 Å². The van der Waals surface area contributed by atoms with E-state index < -0.39 is 6.10 Å². The predicted molar refractivity (Wildman–Crippen MR) is 99.7 cm³/mol. The number of nitrogens with zero attached hydrogens (tertiary/aromatic N) is 2. The van der Waals surface area contributed by atoms with E-state index in [1.165, 1.54) is 4.88 Å². The number of ether oxygens (including phenoxy) is 1. The zero-order valence-electron chi connectivity index (χ0n) is 14.6. The van der Waals surface area contributed by atoms with Crippen LogP contribution in [0, 0.1) is 0 Å². The number of amides is 2. The number of carbonyl (C=O) groups is 2. The molecule has 1 atom stereocenters. The van der Waals surface area contributed by atoms with Crippen molar-refractivity contribution in [3.05, 3.63) is 52.5 Å². The SMILES string of the molecule is O=C(NCc1ccncc1)[C@H]1CN(C(=O)CCCc2cccs2)CCO1. The zero-order valence-corrected chi connectivity index (χ0v) is 15.4. The summed E-state index contributed by atoms with van der Waals surface area (Å²) in [6.45, 7) is 1.69. The van der Waals surface area contributed by atoms with Crippen LogP contribution < -0.4 is 5.32 Å². The van der Waals surface area contributed by atoms with Crippen molar-refractivity contribution in [1.82, 2.24) is 15.2 Å². The molecule has 0 bridgehead atoms. The average molecular weight is 373 g/mol. The fourth-order valence-electron chi connectivity index (χ4n) is 2.86. The van der Waals surface area contributed by atoms with Crippen molar-refractivity contribution in [1.29, 1.82) is 0 Å². The van der Waals surface area contributed by atoms with E-state index in [9.17, 15) is 9.59 Å². The van der Waals surface area contributed by atoms with Gasteiger partial charge in [-0.25, -0.2) is 0 Å². The number of rotatable bonds is 7. The standard InChI is InChI=1S/C19H23N3O3S/c23-18(5-1-3-16-4-2-12-26-16)22-10-11-25-17(14-22)19(24)21-13-15-6-8-20-9-7-15/h2,4,6-9,12,17H,1,3,5,10-11,13-14H2,(H,21,24)/t17-/m1/s1. The highest BCUT2D eigenvalue weighted by Crippen LogP contribution is 2.14. The molecule has 1 saturated heterocycles. The van der Waals surface area contributed by atoms with Gasteiger partial charge in [0.15, 0.2) is 6.10 Å². The van der Waals surface area contributed by atoms with Gasteiger partial charge in [-0.2, -0.15) is 0 Å². The number of carbonyl (C=O) groups excluding carboxylic acids is 2. The molecule has 0 spiro atoms. The molecule has 2 aromatic heterocycles. The summed E-state index contributed by atoms with van der Waals surface area (Å²) in [6, 6.07) is 7.82. The van der Waals surface area contributed by atoms with E-state index in [4.69, 9.17) is 4.74 Å². The lowest BCUT2D eigenvalue weighted by Gasteiger charge is -2.32. The largest absolute Gasteiger partial charge is 0.365 e. The van der Waals surface area contributed by atoms with Crippen molar-refractivity contribution in [2.75, 3.05) is 19.7 Å². The van der Waals surface area contributed by atoms with Gasteiger partial charge >= 0.3 is 0 Å². The molecule has 0 unspecified atom stereocenters. The van der Waals surface area contributed by atoms with E-state index in [0.717, 1.165) is 18.4 Å². The van der Waals surface area contributed by atoms with E-state index in [2.05, 4.69) is 16.4 Å². The molecule has 1 N–H and O–H groups in total. The van der Waals surface area contributed by atoms with Crippen LogP contribution >= 0.6 is 11.3 Å². The van der Waals surface area contributed by atoms with E-state index in [1.807, 2.05) is 23.6 Å². The summed E-state index contributed by atoms with van der Waals surface area (Å²) in [5, 5.41) is 4.91. The molecule has 138 valence electrons. The Morgan fingerprint density at radius 2 is 2.15 bits per heavy atom. The van der Waals surface area contributed by atoms with Crippen LogP contribution in [0.5, 0.6) is 0 Å². The summed E-state index contributed by atoms with van der Waals surface area (Å²) in [4.78, 5) is 31.7. The molecule has 3 heterocycles. The first-order valence-electron chi connectivity index (χ1n) is 8.81. The number of aryl methyl sites for hydroxylation is 1. The molecule has 1 aliphatic heterocycles. The number of pyridine rings is 1. The van der Waals surface area contributed by atoms with E-state index in [0.29, 0.717) is 32.7 Å². The predicted octanol–water partition coefficient (Wildman–Crippen LogP) is 2.01. The lowest BCUT2D eigenvalue weighted by Crippen LogP contribution is -2.51. The van der Waals surface area contributed by atoms with Crippen LogP contribution in [-0.2, 0) is 27.3 Å². The first-order chi connectivity index (χ1) is 12.7. The topological polar surface area (TPSA) is 71.5 Å². The van der Waals surface area contributed by atoms with Gasteiger partial charge in [-0.05, 0) is 42.0 Å². The van der Waals surface area contributed by atoms with Gasteiger partial charge in [0.05, 0.1) is 13.2 Å². The van der Waals surface area contributed by atoms with Crippen LogP contribution in [0.4, 0.5) is 0 Å². The molecule has 2 aromatic rings. The average Bonchev–Trinajstić information content (AvgIpc) is 3.20. The van der Waals surface area contributed by atoms with Crippen LogP contribution in [0.25, 0.3) is 0 Å². The second-order valence-electron chi connectivity index (χ2n) is 6.21. The molecule has 0 radical (unpaired) electrons. The second kappa shape index (κ2) is 9.45. The van der Waals surface area contributed by atoms with Crippen LogP contribution in [-0.4, -0.2) is 47.5 Å². The molecule has 1 fully saturated rings. The van der Waals surface area contributed by atoms with Gasteiger partial charge in [0.25, 0.3) is 5.91 Å². The molecular formula is C19H23N3O3S. The molecule has 0 saturated carbocycles. The summed E-state index contributed by atoms with van der Waals surface area (Å²) in [7, 11) is 0. The molecule has 7 heteroatoms. The fourth-order valence-corrected chi connectivity index (χ4v) is 3.62. The summed E-state index contributed by atoms with van der Waals surface area (Å²) >= 11 is 1.72. The summed E-state index contributed by atoms with van der Waals surface area (Å²) in [6.07, 6.45) is 5.03. The maximum Gasteiger partial charge on any atom is 0.251 e. The monoisotopic (exact) mass is 373 g/mol. The molecule has 0 aliphatic carbocycles. The quantitative estimate of drug-likeness (QED) is 0.806. The third-order valence-electron chi connectivity index (χ3n) is 4.32. The molecule has 0 aromatic carbocycles. The Hall–Kier alpha value is -2.25. The number of hydrogen-bond acceptors (Lipinski definition) is 5. The minimum absolute atomic E-state index is 0.0942. The highest BCUT2D eigenvalue weighted by molar-refractivity contribution is 7.09. The Kier molecular flexibility index (Phi) is 6.74. The van der Waals surface area contributed by atoms with Crippen LogP contribution in [0.2, 0.25) is 0 Å². The van der Waals surface area contributed by atoms with Crippen molar-refractivity contribution in [3.63, 3.8) is 0 Å². The van der Waals surface area contributed by atoms with Crippen molar-refractivity contribution in [3.8, 4) is 0 Å². The molecule has 26 heavy (non-hydrogen) atoms. The second-order valence-corrected chi connectivity index (χ2v) is 7.24. The molecule has 6 nitrogen and oxygen atoms in total. The van der Waals surface area contributed by atoms with Crippen LogP contribution in [0.15, 0.2) is 42.0 Å². The number of nitrogens with one attached hydrogen (secondary N) is 1. The first kappa shape index (κ1) is 18.5. The van der Waals surface area contributed by atoms with Gasteiger partial charge in [0, 0.05) is 36.8 Å². The Morgan fingerprint density at radius 3 is 2.92 bits per heavy atom. The minimum atomic E-state index is -0.605. The maximum absolute atomic E-state index is 12.4. The first-order valence-corrected chi connectivity index (χ1v) is 9.69. The Bertz CT molecular complexity index is 706. The Balaban J connectivity index is 1.42. The summed E-state index contributed by atoms with van der Waals surface area (Å²) in [5.74, 6) is -0.0883. The number of hydrogen-bond donors (Lipinski definition) is 1. The van der Waals surface area contributed by atoms with Crippen molar-refractivity contribution in [2.45, 2.75) is 31.9 Å². The lowest BCUT2D eigenvalue weighted by molar-refractivity contribution is -0.147. The molecule has 3 rings (SSSR count). The smallest absolute Gasteiger partial charge is 0.251 e. The molecule has 2 amide bonds. The normalized spacial score (nSPS) is 17.1. The molecular weight excluding hydrogens is 350 g/mol. The van der Waals surface area contributed by atoms with E-state index in [-0.39, 0.29) is 11.8 Å². The fraction of sp³-hybridized carbons (Fsp3) is 0.421. The van der Waals surface area contributed by atoms with Gasteiger partial charge < -0.3 is 15.0 Å². The highest BCUT2D eigenvalue weighted by atomic mass is 32.1. The van der Waals surface area contributed by atoms with Gasteiger partial charge in [-0.3, -0.25) is 14.6 Å². The van der Waals surface area contributed by atoms with Gasteiger partial charge in [-0.1, -0.05) is 6.07 Å². The molecule has 1 aliphatic rings. The summed E-state index contributed by atoms with van der Waals surface area (Å²) in [5.41, 5.74) is 0.977. The van der Waals surface area contributed by atoms with Gasteiger partial charge in [0.1, 0.15) is 0 Å². The summed E-state index contributed by atoms with van der Waals surface area (Å²) < 4.78 is 5.56. The van der Waals surface area contributed by atoms with Crippen LogP contribution in [0.1, 0.15) is 23.3 Å². The van der Waals surface area contributed by atoms with Crippen molar-refractivity contribution < 1.29 is 14.3 Å². The van der Waals surface area contributed by atoms with Crippen LogP contribution in [0.3, 0.4) is 0 Å². The van der Waals surface area contributed by atoms with E-state index >= 15 is 0 Å². The third kappa shape index (κ3) is 5.37. The number of morpholine rings is 1. The Morgan fingerprint density at radius 1 is 1.31 bits per heavy atom. The van der Waals surface area contributed by atoms with Gasteiger partial charge in [0.2, 0.25) is 5.91 Å². The number of aromatic nitrogens is 1. The Labute approximate surface area is 157 Å². The third-order valence-corrected chi connectivity index (χ3v) is 5.26. The maximum atomic E-state index is 12.4.